The molecule has 0 aromatic heterocycles. The molecule has 0 spiro atoms. The van der Waals surface area contributed by atoms with Crippen LogP contribution in [0.3, 0.4) is 0 Å². The van der Waals surface area contributed by atoms with Crippen molar-refractivity contribution in [3.63, 3.8) is 0 Å². The third kappa shape index (κ3) is 2.48. The minimum absolute atomic E-state index is 0.190. The lowest BCUT2D eigenvalue weighted by Gasteiger charge is -2.14. The molecular weight excluding hydrogens is 140 g/mol. The van der Waals surface area contributed by atoms with E-state index in [9.17, 15) is 0 Å². The van der Waals surface area contributed by atoms with E-state index < -0.39 is 0 Å². The molecule has 0 heterocycles. The summed E-state index contributed by atoms with van der Waals surface area (Å²) < 4.78 is 10.4. The van der Waals surface area contributed by atoms with E-state index in [1.165, 1.54) is 0 Å². The maximum atomic E-state index is 5.20. The summed E-state index contributed by atoms with van der Waals surface area (Å²) in [6, 6.07) is 0. The van der Waals surface area contributed by atoms with Gasteiger partial charge in [0.15, 0.2) is 0 Å². The molecule has 0 radical (unpaired) electrons. The molecule has 2 heteroatoms. The van der Waals surface area contributed by atoms with Crippen molar-refractivity contribution in [3.8, 4) is 0 Å². The molecule has 0 saturated carbocycles. The van der Waals surface area contributed by atoms with Crippen molar-refractivity contribution in [2.45, 2.75) is 18.6 Å². The molecule has 0 saturated heterocycles. The van der Waals surface area contributed by atoms with Crippen LogP contribution in [0.25, 0.3) is 0 Å². The normalized spacial score (nSPS) is 30.4. The summed E-state index contributed by atoms with van der Waals surface area (Å²) in [6.45, 7) is 0. The molecule has 0 aromatic rings. The van der Waals surface area contributed by atoms with Gasteiger partial charge >= 0.3 is 0 Å². The first-order valence-corrected chi connectivity index (χ1v) is 3.77. The lowest BCUT2D eigenvalue weighted by atomic mass is 10.2. The number of rotatable bonds is 2. The van der Waals surface area contributed by atoms with Gasteiger partial charge in [0, 0.05) is 20.6 Å². The highest BCUT2D eigenvalue weighted by molar-refractivity contribution is 5.11. The Morgan fingerprint density at radius 3 is 1.82 bits per heavy atom. The Morgan fingerprint density at radius 2 is 1.45 bits per heavy atom. The van der Waals surface area contributed by atoms with Crippen molar-refractivity contribution in [3.05, 3.63) is 24.3 Å². The molecule has 1 rings (SSSR count). The Morgan fingerprint density at radius 1 is 1.00 bits per heavy atom. The fourth-order valence-electron chi connectivity index (χ4n) is 1.11. The highest BCUT2D eigenvalue weighted by Gasteiger charge is 2.11. The van der Waals surface area contributed by atoms with Crippen LogP contribution in [0.1, 0.15) is 6.42 Å². The second-order valence-electron chi connectivity index (χ2n) is 2.55. The Hall–Kier alpha value is -0.600. The Labute approximate surface area is 67.5 Å². The average Bonchev–Trinajstić information content (AvgIpc) is 2.28. The summed E-state index contributed by atoms with van der Waals surface area (Å²) in [5.74, 6) is 0. The summed E-state index contributed by atoms with van der Waals surface area (Å²) in [5, 5.41) is 0. The molecule has 0 fully saturated rings. The number of ether oxygens (including phenoxy) is 2. The van der Waals surface area contributed by atoms with Crippen LogP contribution in [-0.2, 0) is 9.47 Å². The van der Waals surface area contributed by atoms with Gasteiger partial charge in [-0.15, -0.1) is 0 Å². The molecule has 2 atom stereocenters. The van der Waals surface area contributed by atoms with E-state index in [0.717, 1.165) is 6.42 Å². The van der Waals surface area contributed by atoms with Crippen LogP contribution in [0.2, 0.25) is 0 Å². The van der Waals surface area contributed by atoms with E-state index in [1.54, 1.807) is 14.2 Å². The highest BCUT2D eigenvalue weighted by Crippen LogP contribution is 2.11. The minimum atomic E-state index is 0.190. The average molecular weight is 154 g/mol. The SMILES string of the molecule is COC1C=CC=CC(OC)C1. The van der Waals surface area contributed by atoms with E-state index >= 15 is 0 Å². The third-order valence-corrected chi connectivity index (χ3v) is 1.83. The predicted molar refractivity (Wildman–Crippen MR) is 44.5 cm³/mol. The second kappa shape index (κ2) is 4.31. The molecule has 11 heavy (non-hydrogen) atoms. The van der Waals surface area contributed by atoms with Gasteiger partial charge in [-0.2, -0.15) is 0 Å². The predicted octanol–water partition coefficient (Wildman–Crippen LogP) is 1.53. The van der Waals surface area contributed by atoms with Gasteiger partial charge in [-0.25, -0.2) is 0 Å². The van der Waals surface area contributed by atoms with Crippen LogP contribution in [0.4, 0.5) is 0 Å². The molecule has 0 amide bonds. The molecule has 62 valence electrons. The molecule has 0 N–H and O–H groups in total. The van der Waals surface area contributed by atoms with Crippen molar-refractivity contribution in [1.82, 2.24) is 0 Å². The van der Waals surface area contributed by atoms with Crippen molar-refractivity contribution >= 4 is 0 Å². The molecular formula is C9H14O2. The van der Waals surface area contributed by atoms with Crippen molar-refractivity contribution < 1.29 is 9.47 Å². The van der Waals surface area contributed by atoms with Crippen molar-refractivity contribution in [1.29, 1.82) is 0 Å². The van der Waals surface area contributed by atoms with Crippen LogP contribution < -0.4 is 0 Å². The maximum absolute atomic E-state index is 5.20. The fraction of sp³-hybridized carbons (Fsp3) is 0.556. The fourth-order valence-corrected chi connectivity index (χ4v) is 1.11. The van der Waals surface area contributed by atoms with Crippen LogP contribution >= 0.6 is 0 Å². The summed E-state index contributed by atoms with van der Waals surface area (Å²) in [5.41, 5.74) is 0. The van der Waals surface area contributed by atoms with Crippen molar-refractivity contribution in [2.24, 2.45) is 0 Å². The van der Waals surface area contributed by atoms with Crippen molar-refractivity contribution in [2.75, 3.05) is 14.2 Å². The third-order valence-electron chi connectivity index (χ3n) is 1.83. The quantitative estimate of drug-likeness (QED) is 0.600. The lowest BCUT2D eigenvalue weighted by molar-refractivity contribution is 0.0665. The summed E-state index contributed by atoms with van der Waals surface area (Å²) in [4.78, 5) is 0. The Bertz CT molecular complexity index is 143. The molecule has 2 unspecified atom stereocenters. The van der Waals surface area contributed by atoms with Crippen LogP contribution in [0.5, 0.6) is 0 Å². The maximum Gasteiger partial charge on any atom is 0.0782 e. The first-order chi connectivity index (χ1) is 5.36. The molecule has 0 aliphatic heterocycles. The van der Waals surface area contributed by atoms with Gasteiger partial charge in [0.2, 0.25) is 0 Å². The van der Waals surface area contributed by atoms with Gasteiger partial charge in [0.05, 0.1) is 12.2 Å². The molecule has 1 aliphatic carbocycles. The monoisotopic (exact) mass is 154 g/mol. The van der Waals surface area contributed by atoms with E-state index in [2.05, 4.69) is 0 Å². The zero-order chi connectivity index (χ0) is 8.10. The molecule has 1 aliphatic rings. The highest BCUT2D eigenvalue weighted by atomic mass is 16.5. The Balaban J connectivity index is 2.51. The van der Waals surface area contributed by atoms with Crippen LogP contribution in [0.15, 0.2) is 24.3 Å². The first-order valence-electron chi connectivity index (χ1n) is 3.77. The lowest BCUT2D eigenvalue weighted by Crippen LogP contribution is -2.16. The molecule has 0 bridgehead atoms. The largest absolute Gasteiger partial charge is 0.377 e. The smallest absolute Gasteiger partial charge is 0.0782 e. The van der Waals surface area contributed by atoms with Gasteiger partial charge in [0.25, 0.3) is 0 Å². The van der Waals surface area contributed by atoms with Crippen LogP contribution in [0, 0.1) is 0 Å². The van der Waals surface area contributed by atoms with Gasteiger partial charge in [0.1, 0.15) is 0 Å². The molecule has 2 nitrogen and oxygen atoms in total. The number of methoxy groups -OCH3 is 2. The zero-order valence-electron chi connectivity index (χ0n) is 6.99. The molecule has 0 aromatic carbocycles. The van der Waals surface area contributed by atoms with E-state index in [-0.39, 0.29) is 12.2 Å². The topological polar surface area (TPSA) is 18.5 Å². The number of hydrogen-bond acceptors (Lipinski definition) is 2. The van der Waals surface area contributed by atoms with E-state index in [0.29, 0.717) is 0 Å². The Kier molecular flexibility index (Phi) is 3.33. The first kappa shape index (κ1) is 8.50. The zero-order valence-corrected chi connectivity index (χ0v) is 6.99. The van der Waals surface area contributed by atoms with Gasteiger partial charge in [-0.3, -0.25) is 0 Å². The summed E-state index contributed by atoms with van der Waals surface area (Å²) in [7, 11) is 3.43. The van der Waals surface area contributed by atoms with Gasteiger partial charge < -0.3 is 9.47 Å². The number of allylic oxidation sites excluding steroid dienone is 2. The summed E-state index contributed by atoms with van der Waals surface area (Å²) in [6.07, 6.45) is 9.34. The van der Waals surface area contributed by atoms with E-state index in [1.807, 2.05) is 24.3 Å². The standard InChI is InChI=1S/C9H14O2/c1-10-8-5-3-4-6-9(7-8)11-2/h3-6,8-9H,7H2,1-2H3. The van der Waals surface area contributed by atoms with Crippen LogP contribution in [-0.4, -0.2) is 26.4 Å². The minimum Gasteiger partial charge on any atom is -0.377 e. The van der Waals surface area contributed by atoms with Gasteiger partial charge in [-0.1, -0.05) is 24.3 Å². The number of hydrogen-bond donors (Lipinski definition) is 0. The van der Waals surface area contributed by atoms with E-state index in [4.69, 9.17) is 9.47 Å². The second-order valence-corrected chi connectivity index (χ2v) is 2.55. The summed E-state index contributed by atoms with van der Waals surface area (Å²) >= 11 is 0. The van der Waals surface area contributed by atoms with Gasteiger partial charge in [-0.05, 0) is 0 Å².